The van der Waals surface area contributed by atoms with Gasteiger partial charge in [-0.15, -0.1) is 0 Å². The predicted octanol–water partition coefficient (Wildman–Crippen LogP) is -0.275. The van der Waals surface area contributed by atoms with E-state index in [1.807, 2.05) is 13.3 Å². The molecule has 0 spiro atoms. The molecule has 0 aliphatic heterocycles. The molecule has 0 aliphatic carbocycles. The summed E-state index contributed by atoms with van der Waals surface area (Å²) in [6.07, 6.45) is 2.77. The van der Waals surface area contributed by atoms with E-state index in [4.69, 9.17) is 0 Å². The Morgan fingerprint density at radius 3 is 2.53 bits per heavy atom. The number of nitrogens with zero attached hydrogens (tertiary/aromatic N) is 1. The Hall–Kier alpha value is 0.180. The van der Waals surface area contributed by atoms with E-state index in [0.29, 0.717) is 13.1 Å². The standard InChI is InChI=1S/C8H21N3O2S2/c1-9-5-4-7-11(2)15(12,13)10-6-8-14-3/h9-10H,4-8H2,1-3H3. The second-order valence-electron chi connectivity index (χ2n) is 3.17. The van der Waals surface area contributed by atoms with Crippen molar-refractivity contribution in [2.45, 2.75) is 6.42 Å². The zero-order chi connectivity index (χ0) is 11.7. The van der Waals surface area contributed by atoms with Crippen LogP contribution >= 0.6 is 11.8 Å². The third-order valence-corrected chi connectivity index (χ3v) is 4.09. The first-order valence-corrected chi connectivity index (χ1v) is 7.72. The van der Waals surface area contributed by atoms with Gasteiger partial charge in [-0.1, -0.05) is 0 Å². The lowest BCUT2D eigenvalue weighted by Gasteiger charge is -2.17. The second kappa shape index (κ2) is 8.35. The van der Waals surface area contributed by atoms with E-state index in [2.05, 4.69) is 10.0 Å². The molecule has 15 heavy (non-hydrogen) atoms. The van der Waals surface area contributed by atoms with Crippen molar-refractivity contribution in [1.82, 2.24) is 14.3 Å². The van der Waals surface area contributed by atoms with Crippen molar-refractivity contribution in [3.8, 4) is 0 Å². The van der Waals surface area contributed by atoms with E-state index in [1.165, 1.54) is 4.31 Å². The lowest BCUT2D eigenvalue weighted by Crippen LogP contribution is -2.40. The molecule has 0 heterocycles. The molecule has 0 aromatic heterocycles. The van der Waals surface area contributed by atoms with Gasteiger partial charge in [-0.2, -0.15) is 24.5 Å². The fraction of sp³-hybridized carbons (Fsp3) is 1.00. The summed E-state index contributed by atoms with van der Waals surface area (Å²) in [5.41, 5.74) is 0. The maximum atomic E-state index is 11.6. The fourth-order valence-electron chi connectivity index (χ4n) is 0.982. The van der Waals surface area contributed by atoms with Crippen LogP contribution in [0.2, 0.25) is 0 Å². The average Bonchev–Trinajstić information content (AvgIpc) is 2.18. The van der Waals surface area contributed by atoms with Crippen LogP contribution in [0.15, 0.2) is 0 Å². The average molecular weight is 255 g/mol. The summed E-state index contributed by atoms with van der Waals surface area (Å²) in [7, 11) is 0.176. The van der Waals surface area contributed by atoms with Crippen LogP contribution in [0.3, 0.4) is 0 Å². The van der Waals surface area contributed by atoms with Crippen LogP contribution in [-0.2, 0) is 10.2 Å². The first-order chi connectivity index (χ1) is 7.04. The molecule has 0 bridgehead atoms. The zero-order valence-electron chi connectivity index (χ0n) is 9.62. The normalized spacial score (nSPS) is 12.3. The highest BCUT2D eigenvalue weighted by Gasteiger charge is 2.15. The molecular formula is C8H21N3O2S2. The van der Waals surface area contributed by atoms with Gasteiger partial charge in [-0.05, 0) is 26.3 Å². The van der Waals surface area contributed by atoms with Gasteiger partial charge in [-0.25, -0.2) is 4.72 Å². The van der Waals surface area contributed by atoms with Gasteiger partial charge < -0.3 is 5.32 Å². The maximum absolute atomic E-state index is 11.6. The van der Waals surface area contributed by atoms with Crippen LogP contribution in [0.4, 0.5) is 0 Å². The van der Waals surface area contributed by atoms with Crippen molar-refractivity contribution >= 4 is 22.0 Å². The van der Waals surface area contributed by atoms with Gasteiger partial charge in [0, 0.05) is 25.9 Å². The molecule has 0 aromatic carbocycles. The molecule has 0 fully saturated rings. The topological polar surface area (TPSA) is 61.4 Å². The van der Waals surface area contributed by atoms with Gasteiger partial charge in [0.2, 0.25) is 0 Å². The molecule has 5 nitrogen and oxygen atoms in total. The molecule has 0 atom stereocenters. The molecule has 0 rings (SSSR count). The molecule has 0 saturated carbocycles. The Bertz CT molecular complexity index is 244. The second-order valence-corrected chi connectivity index (χ2v) is 6.02. The minimum Gasteiger partial charge on any atom is -0.320 e. The zero-order valence-corrected chi connectivity index (χ0v) is 11.2. The molecule has 0 aliphatic rings. The quantitative estimate of drug-likeness (QED) is 0.557. The monoisotopic (exact) mass is 255 g/mol. The van der Waals surface area contributed by atoms with Crippen LogP contribution in [0.1, 0.15) is 6.42 Å². The number of hydrogen-bond donors (Lipinski definition) is 2. The Morgan fingerprint density at radius 2 is 2.00 bits per heavy atom. The first kappa shape index (κ1) is 15.2. The highest BCUT2D eigenvalue weighted by atomic mass is 32.2. The number of nitrogens with one attached hydrogen (secondary N) is 2. The smallest absolute Gasteiger partial charge is 0.279 e. The SMILES string of the molecule is CNCCCN(C)S(=O)(=O)NCCSC. The van der Waals surface area contributed by atoms with Gasteiger partial charge >= 0.3 is 0 Å². The molecule has 0 saturated heterocycles. The van der Waals surface area contributed by atoms with Gasteiger partial charge in [0.15, 0.2) is 0 Å². The van der Waals surface area contributed by atoms with Gasteiger partial charge in [0.05, 0.1) is 0 Å². The Labute approximate surface area is 97.2 Å². The van der Waals surface area contributed by atoms with Crippen LogP contribution in [0.25, 0.3) is 0 Å². The van der Waals surface area contributed by atoms with Crippen LogP contribution in [0.5, 0.6) is 0 Å². The van der Waals surface area contributed by atoms with E-state index in [0.717, 1.165) is 18.7 Å². The largest absolute Gasteiger partial charge is 0.320 e. The molecule has 2 N–H and O–H groups in total. The minimum atomic E-state index is -3.27. The van der Waals surface area contributed by atoms with E-state index in [-0.39, 0.29) is 0 Å². The molecule has 7 heteroatoms. The Balaban J connectivity index is 3.86. The van der Waals surface area contributed by atoms with Crippen LogP contribution in [0, 0.1) is 0 Å². The van der Waals surface area contributed by atoms with Crippen LogP contribution in [-0.4, -0.2) is 58.5 Å². The van der Waals surface area contributed by atoms with Crippen molar-refractivity contribution in [2.75, 3.05) is 45.7 Å². The van der Waals surface area contributed by atoms with Crippen molar-refractivity contribution in [3.05, 3.63) is 0 Å². The third-order valence-electron chi connectivity index (χ3n) is 1.90. The highest BCUT2D eigenvalue weighted by Crippen LogP contribution is 1.96. The number of hydrogen-bond acceptors (Lipinski definition) is 4. The molecular weight excluding hydrogens is 234 g/mol. The van der Waals surface area contributed by atoms with Crippen molar-refractivity contribution in [2.24, 2.45) is 0 Å². The van der Waals surface area contributed by atoms with E-state index in [9.17, 15) is 8.42 Å². The highest BCUT2D eigenvalue weighted by molar-refractivity contribution is 7.98. The summed E-state index contributed by atoms with van der Waals surface area (Å²) < 4.78 is 27.1. The van der Waals surface area contributed by atoms with Crippen molar-refractivity contribution in [1.29, 1.82) is 0 Å². The van der Waals surface area contributed by atoms with Gasteiger partial charge in [0.1, 0.15) is 0 Å². The number of rotatable bonds is 9. The summed E-state index contributed by atoms with van der Waals surface area (Å²) in [5.74, 6) is 0.795. The molecule has 0 amide bonds. The van der Waals surface area contributed by atoms with Crippen molar-refractivity contribution in [3.63, 3.8) is 0 Å². The Morgan fingerprint density at radius 1 is 1.33 bits per heavy atom. The summed E-state index contributed by atoms with van der Waals surface area (Å²) in [6, 6.07) is 0. The summed E-state index contributed by atoms with van der Waals surface area (Å²) in [5, 5.41) is 2.98. The van der Waals surface area contributed by atoms with E-state index in [1.54, 1.807) is 18.8 Å². The van der Waals surface area contributed by atoms with E-state index >= 15 is 0 Å². The maximum Gasteiger partial charge on any atom is 0.279 e. The fourth-order valence-corrected chi connectivity index (χ4v) is 2.37. The molecule has 92 valence electrons. The predicted molar refractivity (Wildman–Crippen MR) is 66.5 cm³/mol. The minimum absolute atomic E-state index is 0.486. The lowest BCUT2D eigenvalue weighted by atomic mass is 10.4. The lowest BCUT2D eigenvalue weighted by molar-refractivity contribution is 0.449. The first-order valence-electron chi connectivity index (χ1n) is 4.89. The van der Waals surface area contributed by atoms with Crippen LogP contribution < -0.4 is 10.0 Å². The van der Waals surface area contributed by atoms with E-state index < -0.39 is 10.2 Å². The number of thioether (sulfide) groups is 1. The van der Waals surface area contributed by atoms with Gasteiger partial charge in [0.25, 0.3) is 10.2 Å². The molecule has 0 unspecified atom stereocenters. The third kappa shape index (κ3) is 7.13. The van der Waals surface area contributed by atoms with Crippen molar-refractivity contribution < 1.29 is 8.42 Å². The summed E-state index contributed by atoms with van der Waals surface area (Å²) >= 11 is 1.62. The Kier molecular flexibility index (Phi) is 8.45. The summed E-state index contributed by atoms with van der Waals surface area (Å²) in [6.45, 7) is 1.85. The molecule has 0 radical (unpaired) electrons. The summed E-state index contributed by atoms with van der Waals surface area (Å²) in [4.78, 5) is 0. The van der Waals surface area contributed by atoms with Gasteiger partial charge in [-0.3, -0.25) is 0 Å². The molecule has 0 aromatic rings.